The Labute approximate surface area is 78.2 Å². The van der Waals surface area contributed by atoms with Gasteiger partial charge in [-0.15, -0.1) is 0 Å². The third kappa shape index (κ3) is 3.29. The Kier molecular flexibility index (Phi) is 3.07. The zero-order valence-electron chi connectivity index (χ0n) is 6.90. The van der Waals surface area contributed by atoms with E-state index in [9.17, 15) is 9.59 Å². The molecule has 1 aromatic rings. The van der Waals surface area contributed by atoms with E-state index in [1.165, 1.54) is 6.07 Å². The second kappa shape index (κ2) is 4.08. The number of aliphatic carboxylic acids is 1. The van der Waals surface area contributed by atoms with Crippen molar-refractivity contribution in [1.29, 1.82) is 0 Å². The minimum atomic E-state index is -0.936. The summed E-state index contributed by atoms with van der Waals surface area (Å²) in [4.78, 5) is 27.5. The van der Waals surface area contributed by atoms with Crippen molar-refractivity contribution < 1.29 is 9.90 Å². The highest BCUT2D eigenvalue weighted by atomic mass is 32.2. The highest BCUT2D eigenvalue weighted by Gasteiger charge is 2.02. The normalized spacial score (nSPS) is 9.92. The van der Waals surface area contributed by atoms with Gasteiger partial charge in [0, 0.05) is 11.8 Å². The van der Waals surface area contributed by atoms with Crippen LogP contribution in [0.15, 0.2) is 16.0 Å². The molecule has 5 nitrogen and oxygen atoms in total. The number of hydrogen-bond acceptors (Lipinski definition) is 4. The molecule has 0 fully saturated rings. The molecule has 0 bridgehead atoms. The zero-order chi connectivity index (χ0) is 9.84. The minimum Gasteiger partial charge on any atom is -0.481 e. The van der Waals surface area contributed by atoms with Crippen LogP contribution in [-0.4, -0.2) is 26.8 Å². The van der Waals surface area contributed by atoms with Gasteiger partial charge in [-0.2, -0.15) is 0 Å². The van der Waals surface area contributed by atoms with E-state index in [1.807, 2.05) is 0 Å². The lowest BCUT2D eigenvalue weighted by Gasteiger charge is -1.97. The summed E-state index contributed by atoms with van der Waals surface area (Å²) >= 11 is 0.991. The predicted molar refractivity (Wildman–Crippen MR) is 48.0 cm³/mol. The molecule has 1 heterocycles. The Balaban J connectivity index is 2.77. The number of nitrogens with one attached hydrogen (secondary N) is 1. The number of rotatable bonds is 3. The van der Waals surface area contributed by atoms with Crippen molar-refractivity contribution in [3.63, 3.8) is 0 Å². The van der Waals surface area contributed by atoms with E-state index in [0.717, 1.165) is 11.8 Å². The number of carbonyl (C=O) groups is 1. The van der Waals surface area contributed by atoms with Gasteiger partial charge >= 0.3 is 5.97 Å². The summed E-state index contributed by atoms with van der Waals surface area (Å²) in [6.07, 6.45) is 0. The maximum absolute atomic E-state index is 10.9. The standard InChI is InChI=1S/C7H8N2O3S/c1-4-2-5(10)9-7(8-4)13-3-6(11)12/h2H,3H2,1H3,(H,11,12)(H,8,9,10). The van der Waals surface area contributed by atoms with E-state index >= 15 is 0 Å². The molecule has 13 heavy (non-hydrogen) atoms. The van der Waals surface area contributed by atoms with Gasteiger partial charge in [-0.1, -0.05) is 11.8 Å². The Morgan fingerprint density at radius 2 is 2.46 bits per heavy atom. The highest BCUT2D eigenvalue weighted by Crippen LogP contribution is 2.09. The van der Waals surface area contributed by atoms with Gasteiger partial charge in [-0.05, 0) is 6.92 Å². The molecule has 0 radical (unpaired) electrons. The van der Waals surface area contributed by atoms with Gasteiger partial charge in [0.25, 0.3) is 5.56 Å². The quantitative estimate of drug-likeness (QED) is 0.540. The second-order valence-corrected chi connectivity index (χ2v) is 3.34. The van der Waals surface area contributed by atoms with Crippen molar-refractivity contribution in [2.45, 2.75) is 12.1 Å². The van der Waals surface area contributed by atoms with Gasteiger partial charge in [0.2, 0.25) is 0 Å². The molecule has 0 amide bonds. The number of carboxylic acid groups (broad SMARTS) is 1. The number of aromatic nitrogens is 2. The van der Waals surface area contributed by atoms with Crippen molar-refractivity contribution in [2.24, 2.45) is 0 Å². The van der Waals surface area contributed by atoms with Gasteiger partial charge < -0.3 is 10.1 Å². The van der Waals surface area contributed by atoms with Gasteiger partial charge in [0.1, 0.15) is 0 Å². The van der Waals surface area contributed by atoms with Crippen LogP contribution in [0.4, 0.5) is 0 Å². The Morgan fingerprint density at radius 3 is 3.00 bits per heavy atom. The van der Waals surface area contributed by atoms with E-state index in [4.69, 9.17) is 5.11 Å². The average Bonchev–Trinajstić information content (AvgIpc) is 1.99. The summed E-state index contributed by atoms with van der Waals surface area (Å²) in [6.45, 7) is 1.68. The molecule has 0 aliphatic heterocycles. The van der Waals surface area contributed by atoms with Crippen molar-refractivity contribution >= 4 is 17.7 Å². The lowest BCUT2D eigenvalue weighted by Crippen LogP contribution is -2.09. The molecule has 0 spiro atoms. The van der Waals surface area contributed by atoms with Crippen LogP contribution in [-0.2, 0) is 4.79 Å². The molecule has 0 saturated heterocycles. The summed E-state index contributed by atoms with van der Waals surface area (Å²) < 4.78 is 0. The Bertz CT molecular complexity index is 374. The predicted octanol–water partition coefficient (Wildman–Crippen LogP) is 0.255. The first kappa shape index (κ1) is 9.79. The maximum atomic E-state index is 10.9. The van der Waals surface area contributed by atoms with Crippen LogP contribution in [0.25, 0.3) is 0 Å². The molecule has 0 aliphatic carbocycles. The first-order valence-corrected chi connectivity index (χ1v) is 4.49. The fourth-order valence-electron chi connectivity index (χ4n) is 0.750. The van der Waals surface area contributed by atoms with Crippen molar-refractivity contribution in [3.05, 3.63) is 22.1 Å². The smallest absolute Gasteiger partial charge is 0.313 e. The summed E-state index contributed by atoms with van der Waals surface area (Å²) in [5, 5.41) is 8.71. The van der Waals surface area contributed by atoms with E-state index in [1.54, 1.807) is 6.92 Å². The summed E-state index contributed by atoms with van der Waals surface area (Å²) in [7, 11) is 0. The van der Waals surface area contributed by atoms with Crippen molar-refractivity contribution in [1.82, 2.24) is 9.97 Å². The van der Waals surface area contributed by atoms with E-state index in [0.29, 0.717) is 10.9 Å². The maximum Gasteiger partial charge on any atom is 0.313 e. The summed E-state index contributed by atoms with van der Waals surface area (Å²) in [6, 6.07) is 1.35. The first-order valence-electron chi connectivity index (χ1n) is 3.50. The lowest BCUT2D eigenvalue weighted by molar-refractivity contribution is -0.133. The molecule has 0 unspecified atom stereocenters. The Morgan fingerprint density at radius 1 is 1.77 bits per heavy atom. The van der Waals surface area contributed by atoms with Crippen LogP contribution >= 0.6 is 11.8 Å². The minimum absolute atomic E-state index is 0.105. The fourth-order valence-corrected chi connectivity index (χ4v) is 1.39. The van der Waals surface area contributed by atoms with Crippen LogP contribution in [0.2, 0.25) is 0 Å². The van der Waals surface area contributed by atoms with Crippen LogP contribution < -0.4 is 5.56 Å². The molecule has 0 aromatic carbocycles. The van der Waals surface area contributed by atoms with Crippen molar-refractivity contribution in [3.8, 4) is 0 Å². The number of aromatic amines is 1. The molecule has 1 rings (SSSR count). The zero-order valence-corrected chi connectivity index (χ0v) is 7.72. The third-order valence-corrected chi connectivity index (χ3v) is 2.04. The number of nitrogens with zero attached hydrogens (tertiary/aromatic N) is 1. The lowest BCUT2D eigenvalue weighted by atomic mass is 10.5. The molecular weight excluding hydrogens is 192 g/mol. The Hall–Kier alpha value is -1.30. The summed E-state index contributed by atoms with van der Waals surface area (Å²) in [5.74, 6) is -1.04. The number of hydrogen-bond donors (Lipinski definition) is 2. The van der Waals surface area contributed by atoms with Crippen LogP contribution in [0.1, 0.15) is 5.69 Å². The molecular formula is C7H8N2O3S. The first-order chi connectivity index (χ1) is 6.08. The molecule has 0 aliphatic rings. The molecule has 0 atom stereocenters. The van der Waals surface area contributed by atoms with Gasteiger partial charge in [0.05, 0.1) is 5.75 Å². The van der Waals surface area contributed by atoms with E-state index in [2.05, 4.69) is 9.97 Å². The van der Waals surface area contributed by atoms with Crippen LogP contribution in [0.5, 0.6) is 0 Å². The van der Waals surface area contributed by atoms with Crippen LogP contribution in [0, 0.1) is 6.92 Å². The highest BCUT2D eigenvalue weighted by molar-refractivity contribution is 7.99. The number of H-pyrrole nitrogens is 1. The summed E-state index contributed by atoms with van der Waals surface area (Å²) in [5.41, 5.74) is 0.317. The van der Waals surface area contributed by atoms with Gasteiger partial charge in [-0.25, -0.2) is 4.98 Å². The monoisotopic (exact) mass is 200 g/mol. The second-order valence-electron chi connectivity index (χ2n) is 2.37. The molecule has 6 heteroatoms. The SMILES string of the molecule is Cc1cc(=O)[nH]c(SCC(=O)O)n1. The molecule has 1 aromatic heterocycles. The average molecular weight is 200 g/mol. The topological polar surface area (TPSA) is 83.0 Å². The fraction of sp³-hybridized carbons (Fsp3) is 0.286. The number of carboxylic acids is 1. The van der Waals surface area contributed by atoms with Crippen LogP contribution in [0.3, 0.4) is 0 Å². The number of thioether (sulfide) groups is 1. The van der Waals surface area contributed by atoms with Crippen molar-refractivity contribution in [2.75, 3.05) is 5.75 Å². The van der Waals surface area contributed by atoms with Gasteiger partial charge in [0.15, 0.2) is 5.16 Å². The molecule has 2 N–H and O–H groups in total. The molecule has 0 saturated carbocycles. The van der Waals surface area contributed by atoms with E-state index in [-0.39, 0.29) is 11.3 Å². The molecule has 70 valence electrons. The largest absolute Gasteiger partial charge is 0.481 e. The van der Waals surface area contributed by atoms with Gasteiger partial charge in [-0.3, -0.25) is 9.59 Å². The van der Waals surface area contributed by atoms with E-state index < -0.39 is 5.97 Å². The number of aryl methyl sites for hydroxylation is 1. The third-order valence-electron chi connectivity index (χ3n) is 1.18.